The molecule has 1 fully saturated rings. The normalized spacial score (nSPS) is 18.4. The Balaban J connectivity index is 0.00000180. The summed E-state index contributed by atoms with van der Waals surface area (Å²) in [5.74, 6) is -0.409. The van der Waals surface area contributed by atoms with Crippen molar-refractivity contribution in [2.24, 2.45) is 0 Å². The molecule has 104 valence electrons. The smallest absolute Gasteiger partial charge is 0.130 e. The summed E-state index contributed by atoms with van der Waals surface area (Å²) in [6.45, 7) is 3.26. The summed E-state index contributed by atoms with van der Waals surface area (Å²) in [6, 6.07) is 6.09. The second-order valence-corrected chi connectivity index (χ2v) is 4.91. The van der Waals surface area contributed by atoms with Crippen LogP contribution in [0.3, 0.4) is 0 Å². The first-order chi connectivity index (χ1) is 8.63. The summed E-state index contributed by atoms with van der Waals surface area (Å²) in [4.78, 5) is 4.16. The number of hydrogen-bond acceptors (Lipinski definition) is 3. The van der Waals surface area contributed by atoms with Gasteiger partial charge in [0.1, 0.15) is 11.9 Å². The molecule has 0 N–H and O–H groups in total. The highest BCUT2D eigenvalue weighted by molar-refractivity contribution is 6.31. The molecule has 0 spiro atoms. The second-order valence-electron chi connectivity index (χ2n) is 4.51. The van der Waals surface area contributed by atoms with E-state index in [4.69, 9.17) is 11.6 Å². The molecule has 3 nitrogen and oxygen atoms in total. The number of benzene rings is 1. The van der Waals surface area contributed by atoms with Crippen LogP contribution >= 0.6 is 24.0 Å². The van der Waals surface area contributed by atoms with Gasteiger partial charge in [0.15, 0.2) is 0 Å². The summed E-state index contributed by atoms with van der Waals surface area (Å²) in [5, 5.41) is 9.64. The minimum atomic E-state index is -0.604. The topological polar surface area (TPSA) is 30.3 Å². The molecule has 1 aliphatic rings. The van der Waals surface area contributed by atoms with Gasteiger partial charge in [0.2, 0.25) is 0 Å². The van der Waals surface area contributed by atoms with Crippen molar-refractivity contribution in [3.05, 3.63) is 34.6 Å². The van der Waals surface area contributed by atoms with Gasteiger partial charge in [-0.25, -0.2) is 4.39 Å². The van der Waals surface area contributed by atoms with Gasteiger partial charge in [-0.3, -0.25) is 4.90 Å². The van der Waals surface area contributed by atoms with E-state index in [1.165, 1.54) is 6.07 Å². The van der Waals surface area contributed by atoms with E-state index in [0.29, 0.717) is 10.6 Å². The Bertz CT molecular complexity index is 447. The Labute approximate surface area is 124 Å². The van der Waals surface area contributed by atoms with Crippen LogP contribution in [-0.4, -0.2) is 43.0 Å². The highest BCUT2D eigenvalue weighted by Crippen LogP contribution is 2.30. The van der Waals surface area contributed by atoms with Gasteiger partial charge in [0.25, 0.3) is 0 Å². The van der Waals surface area contributed by atoms with E-state index in [-0.39, 0.29) is 12.4 Å². The van der Waals surface area contributed by atoms with Crippen LogP contribution in [0.15, 0.2) is 18.2 Å². The molecule has 1 aliphatic heterocycles. The van der Waals surface area contributed by atoms with Crippen LogP contribution in [0.1, 0.15) is 11.6 Å². The van der Waals surface area contributed by atoms with Crippen LogP contribution in [0, 0.1) is 17.1 Å². The van der Waals surface area contributed by atoms with E-state index in [2.05, 4.69) is 11.0 Å². The van der Waals surface area contributed by atoms with E-state index in [9.17, 15) is 9.65 Å². The maximum atomic E-state index is 13.8. The maximum Gasteiger partial charge on any atom is 0.130 e. The molecule has 1 aromatic carbocycles. The van der Waals surface area contributed by atoms with Gasteiger partial charge in [0.05, 0.1) is 6.07 Å². The summed E-state index contributed by atoms with van der Waals surface area (Å²) in [5.41, 5.74) is 0.297. The van der Waals surface area contributed by atoms with Gasteiger partial charge in [-0.15, -0.1) is 12.4 Å². The van der Waals surface area contributed by atoms with Gasteiger partial charge in [-0.2, -0.15) is 5.26 Å². The SMILES string of the molecule is CN1CCN(C(C#N)c2c(F)cccc2Cl)CC1.Cl. The van der Waals surface area contributed by atoms with E-state index in [0.717, 1.165) is 26.2 Å². The van der Waals surface area contributed by atoms with Crippen molar-refractivity contribution in [1.29, 1.82) is 5.26 Å². The monoisotopic (exact) mass is 303 g/mol. The molecule has 1 atom stereocenters. The van der Waals surface area contributed by atoms with Crippen molar-refractivity contribution in [1.82, 2.24) is 9.80 Å². The number of rotatable bonds is 2. The lowest BCUT2D eigenvalue weighted by molar-refractivity contribution is 0.131. The Hall–Kier alpha value is -0.860. The third kappa shape index (κ3) is 3.58. The zero-order valence-electron chi connectivity index (χ0n) is 10.6. The molecule has 0 amide bonds. The third-order valence-corrected chi connectivity index (χ3v) is 3.63. The summed E-state index contributed by atoms with van der Waals surface area (Å²) < 4.78 is 13.8. The first kappa shape index (κ1) is 16.2. The van der Waals surface area contributed by atoms with Crippen molar-refractivity contribution in [3.8, 4) is 6.07 Å². The van der Waals surface area contributed by atoms with Crippen molar-refractivity contribution in [2.75, 3.05) is 33.2 Å². The highest BCUT2D eigenvalue weighted by atomic mass is 35.5. The lowest BCUT2D eigenvalue weighted by Gasteiger charge is -2.35. The van der Waals surface area contributed by atoms with Crippen LogP contribution in [0.4, 0.5) is 4.39 Å². The molecule has 1 saturated heterocycles. The molecule has 1 heterocycles. The molecule has 19 heavy (non-hydrogen) atoms. The summed E-state index contributed by atoms with van der Waals surface area (Å²) >= 11 is 6.02. The Kier molecular flexibility index (Phi) is 6.02. The van der Waals surface area contributed by atoms with Crippen LogP contribution in [0.25, 0.3) is 0 Å². The van der Waals surface area contributed by atoms with Crippen molar-refractivity contribution in [3.63, 3.8) is 0 Å². The number of nitriles is 1. The zero-order valence-corrected chi connectivity index (χ0v) is 12.2. The average molecular weight is 304 g/mol. The fourth-order valence-electron chi connectivity index (χ4n) is 2.18. The molecule has 0 aromatic heterocycles. The molecule has 0 aliphatic carbocycles. The standard InChI is InChI=1S/C13H15ClFN3.ClH/c1-17-5-7-18(8-6-17)12(9-16)13-10(14)3-2-4-11(13)15;/h2-4,12H,5-8H2,1H3;1H. The van der Waals surface area contributed by atoms with Crippen molar-refractivity contribution >= 4 is 24.0 Å². The molecule has 1 aromatic rings. The third-order valence-electron chi connectivity index (χ3n) is 3.30. The molecule has 6 heteroatoms. The van der Waals surface area contributed by atoms with Crippen LogP contribution in [0.2, 0.25) is 5.02 Å². The number of piperazine rings is 1. The first-order valence-electron chi connectivity index (χ1n) is 5.89. The van der Waals surface area contributed by atoms with E-state index in [1.54, 1.807) is 12.1 Å². The van der Waals surface area contributed by atoms with Gasteiger partial charge >= 0.3 is 0 Å². The van der Waals surface area contributed by atoms with Crippen molar-refractivity contribution < 1.29 is 4.39 Å². The highest BCUT2D eigenvalue weighted by Gasteiger charge is 2.27. The largest absolute Gasteiger partial charge is 0.304 e. The minimum Gasteiger partial charge on any atom is -0.304 e. The number of halogens is 3. The minimum absolute atomic E-state index is 0. The van der Waals surface area contributed by atoms with Crippen LogP contribution < -0.4 is 0 Å². The van der Waals surface area contributed by atoms with Gasteiger partial charge in [-0.05, 0) is 19.2 Å². The number of likely N-dealkylation sites (N-methyl/N-ethyl adjacent to an activating group) is 1. The predicted octanol–water partition coefficient (Wildman–Crippen LogP) is 2.71. The Morgan fingerprint density at radius 3 is 2.47 bits per heavy atom. The Morgan fingerprint density at radius 2 is 1.95 bits per heavy atom. The molecule has 0 bridgehead atoms. The fourth-order valence-corrected chi connectivity index (χ4v) is 2.45. The molecular formula is C13H16Cl2FN3. The Morgan fingerprint density at radius 1 is 1.32 bits per heavy atom. The first-order valence-corrected chi connectivity index (χ1v) is 6.27. The second kappa shape index (κ2) is 7.06. The average Bonchev–Trinajstić information content (AvgIpc) is 2.35. The van der Waals surface area contributed by atoms with E-state index in [1.807, 2.05) is 11.9 Å². The zero-order chi connectivity index (χ0) is 13.1. The number of nitrogens with zero attached hydrogens (tertiary/aromatic N) is 3. The molecule has 0 saturated carbocycles. The molecular weight excluding hydrogens is 288 g/mol. The van der Waals surface area contributed by atoms with Crippen LogP contribution in [0.5, 0.6) is 0 Å². The fraction of sp³-hybridized carbons (Fsp3) is 0.462. The predicted molar refractivity (Wildman–Crippen MR) is 76.1 cm³/mol. The lowest BCUT2D eigenvalue weighted by atomic mass is 10.0. The van der Waals surface area contributed by atoms with Crippen LogP contribution in [-0.2, 0) is 0 Å². The molecule has 2 rings (SSSR count). The van der Waals surface area contributed by atoms with E-state index >= 15 is 0 Å². The van der Waals surface area contributed by atoms with Gasteiger partial charge in [0, 0.05) is 36.8 Å². The quantitative estimate of drug-likeness (QED) is 0.841. The summed E-state index contributed by atoms with van der Waals surface area (Å²) in [7, 11) is 2.04. The molecule has 1 unspecified atom stereocenters. The lowest BCUT2D eigenvalue weighted by Crippen LogP contribution is -2.45. The van der Waals surface area contributed by atoms with Gasteiger partial charge in [-0.1, -0.05) is 17.7 Å². The molecule has 0 radical (unpaired) electrons. The van der Waals surface area contributed by atoms with Crippen molar-refractivity contribution in [2.45, 2.75) is 6.04 Å². The number of hydrogen-bond donors (Lipinski definition) is 0. The summed E-state index contributed by atoms with van der Waals surface area (Å²) in [6.07, 6.45) is 0. The van der Waals surface area contributed by atoms with E-state index < -0.39 is 11.9 Å². The maximum absolute atomic E-state index is 13.8. The van der Waals surface area contributed by atoms with Gasteiger partial charge < -0.3 is 4.90 Å².